The Morgan fingerprint density at radius 1 is 1.18 bits per heavy atom. The van der Waals surface area contributed by atoms with Gasteiger partial charge in [0.25, 0.3) is 0 Å². The van der Waals surface area contributed by atoms with Crippen molar-refractivity contribution in [2.45, 2.75) is 13.8 Å². The molecule has 0 aliphatic carbocycles. The maximum absolute atomic E-state index is 6.15. The van der Waals surface area contributed by atoms with Crippen LogP contribution in [0, 0.1) is 13.8 Å². The number of rotatable bonds is 2. The maximum atomic E-state index is 6.15. The number of pyridine rings is 1. The zero-order chi connectivity index (χ0) is 12.4. The highest BCUT2D eigenvalue weighted by Crippen LogP contribution is 2.26. The smallest absolute Gasteiger partial charge is 0.130 e. The molecular formula is C13H12BrClN2. The Morgan fingerprint density at radius 3 is 2.59 bits per heavy atom. The predicted octanol–water partition coefficient (Wildman–Crippen LogP) is 4.86. The van der Waals surface area contributed by atoms with E-state index in [0.29, 0.717) is 5.02 Å². The molecule has 88 valence electrons. The summed E-state index contributed by atoms with van der Waals surface area (Å²) in [6, 6.07) is 9.77. The average molecular weight is 312 g/mol. The van der Waals surface area contributed by atoms with Crippen molar-refractivity contribution in [1.82, 2.24) is 4.98 Å². The molecule has 17 heavy (non-hydrogen) atoms. The number of benzene rings is 1. The van der Waals surface area contributed by atoms with Gasteiger partial charge in [-0.2, -0.15) is 0 Å². The molecule has 0 atom stereocenters. The van der Waals surface area contributed by atoms with Gasteiger partial charge in [0.2, 0.25) is 0 Å². The van der Waals surface area contributed by atoms with Crippen LogP contribution in [0.1, 0.15) is 11.3 Å². The lowest BCUT2D eigenvalue weighted by Crippen LogP contribution is -1.96. The van der Waals surface area contributed by atoms with Gasteiger partial charge in [-0.1, -0.05) is 17.7 Å². The lowest BCUT2D eigenvalue weighted by molar-refractivity contribution is 1.18. The minimum Gasteiger partial charge on any atom is -0.339 e. The molecule has 0 saturated heterocycles. The van der Waals surface area contributed by atoms with E-state index >= 15 is 0 Å². The molecule has 1 N–H and O–H groups in total. The summed E-state index contributed by atoms with van der Waals surface area (Å²) in [7, 11) is 0. The van der Waals surface area contributed by atoms with E-state index in [4.69, 9.17) is 11.6 Å². The second-order valence-corrected chi connectivity index (χ2v) is 5.13. The topological polar surface area (TPSA) is 24.9 Å². The van der Waals surface area contributed by atoms with Crippen LogP contribution in [0.3, 0.4) is 0 Å². The summed E-state index contributed by atoms with van der Waals surface area (Å²) in [4.78, 5) is 4.41. The fourth-order valence-electron chi connectivity index (χ4n) is 1.47. The quantitative estimate of drug-likeness (QED) is 0.857. The molecule has 0 aliphatic rings. The zero-order valence-corrected chi connectivity index (χ0v) is 11.9. The van der Waals surface area contributed by atoms with Crippen molar-refractivity contribution in [2.24, 2.45) is 0 Å². The van der Waals surface area contributed by atoms with Crippen LogP contribution in [0.15, 0.2) is 34.8 Å². The number of nitrogens with one attached hydrogen (secondary N) is 1. The third-order valence-electron chi connectivity index (χ3n) is 2.41. The lowest BCUT2D eigenvalue weighted by Gasteiger charge is -2.09. The minimum atomic E-state index is 0.701. The molecule has 2 rings (SSSR count). The molecule has 0 amide bonds. The summed E-state index contributed by atoms with van der Waals surface area (Å²) >= 11 is 9.57. The Hall–Kier alpha value is -1.06. The molecule has 0 fully saturated rings. The standard InChI is InChI=1S/C13H12BrClN2/c1-8-3-5-12(11(15)7-8)17-13-6-4-10(14)9(2)16-13/h3-7H,1-2H3,(H,16,17). The first-order valence-corrected chi connectivity index (χ1v) is 6.39. The van der Waals surface area contributed by atoms with Crippen LogP contribution >= 0.6 is 27.5 Å². The summed E-state index contributed by atoms with van der Waals surface area (Å²) in [5.41, 5.74) is 2.95. The van der Waals surface area contributed by atoms with Gasteiger partial charge in [-0.15, -0.1) is 0 Å². The third-order valence-corrected chi connectivity index (χ3v) is 3.56. The monoisotopic (exact) mass is 310 g/mol. The highest BCUT2D eigenvalue weighted by atomic mass is 79.9. The second kappa shape index (κ2) is 5.07. The van der Waals surface area contributed by atoms with Crippen LogP contribution in [0.4, 0.5) is 11.5 Å². The van der Waals surface area contributed by atoms with E-state index in [2.05, 4.69) is 26.2 Å². The van der Waals surface area contributed by atoms with Crippen LogP contribution in [0.5, 0.6) is 0 Å². The highest BCUT2D eigenvalue weighted by molar-refractivity contribution is 9.10. The van der Waals surface area contributed by atoms with E-state index < -0.39 is 0 Å². The van der Waals surface area contributed by atoms with Gasteiger partial charge >= 0.3 is 0 Å². The van der Waals surface area contributed by atoms with Gasteiger partial charge in [-0.3, -0.25) is 0 Å². The zero-order valence-electron chi connectivity index (χ0n) is 9.59. The van der Waals surface area contributed by atoms with Gasteiger partial charge in [0, 0.05) is 4.47 Å². The van der Waals surface area contributed by atoms with E-state index in [-0.39, 0.29) is 0 Å². The molecule has 0 spiro atoms. The number of aryl methyl sites for hydroxylation is 2. The first-order valence-electron chi connectivity index (χ1n) is 5.22. The number of hydrogen-bond donors (Lipinski definition) is 1. The Kier molecular flexibility index (Phi) is 3.69. The maximum Gasteiger partial charge on any atom is 0.130 e. The molecular weight excluding hydrogens is 300 g/mol. The van der Waals surface area contributed by atoms with Crippen molar-refractivity contribution < 1.29 is 0 Å². The summed E-state index contributed by atoms with van der Waals surface area (Å²) in [5, 5.41) is 3.90. The number of hydrogen-bond acceptors (Lipinski definition) is 2. The molecule has 1 heterocycles. The number of halogens is 2. The van der Waals surface area contributed by atoms with Crippen molar-refractivity contribution in [3.8, 4) is 0 Å². The Bertz CT molecular complexity index is 555. The van der Waals surface area contributed by atoms with Crippen molar-refractivity contribution in [1.29, 1.82) is 0 Å². The SMILES string of the molecule is Cc1ccc(Nc2ccc(Br)c(C)n2)c(Cl)c1. The summed E-state index contributed by atoms with van der Waals surface area (Å²) < 4.78 is 0.998. The van der Waals surface area contributed by atoms with Gasteiger partial charge in [-0.25, -0.2) is 4.98 Å². The van der Waals surface area contributed by atoms with Crippen LogP contribution < -0.4 is 5.32 Å². The van der Waals surface area contributed by atoms with Crippen LogP contribution in [-0.2, 0) is 0 Å². The summed E-state index contributed by atoms with van der Waals surface area (Å²) in [6.07, 6.45) is 0. The largest absolute Gasteiger partial charge is 0.339 e. The van der Waals surface area contributed by atoms with Crippen molar-refractivity contribution in [2.75, 3.05) is 5.32 Å². The third kappa shape index (κ3) is 2.99. The number of aromatic nitrogens is 1. The molecule has 0 radical (unpaired) electrons. The molecule has 0 bridgehead atoms. The van der Waals surface area contributed by atoms with E-state index in [1.807, 2.05) is 44.2 Å². The molecule has 2 aromatic rings. The summed E-state index contributed by atoms with van der Waals surface area (Å²) in [5.74, 6) is 0.788. The molecule has 0 unspecified atom stereocenters. The molecule has 2 nitrogen and oxygen atoms in total. The number of anilines is 2. The van der Waals surface area contributed by atoms with Gasteiger partial charge in [0.15, 0.2) is 0 Å². The molecule has 0 aliphatic heterocycles. The van der Waals surface area contributed by atoms with E-state index in [0.717, 1.165) is 27.2 Å². The Balaban J connectivity index is 2.28. The van der Waals surface area contributed by atoms with Crippen LogP contribution in [0.2, 0.25) is 5.02 Å². The van der Waals surface area contributed by atoms with Gasteiger partial charge in [0.05, 0.1) is 16.4 Å². The van der Waals surface area contributed by atoms with Crippen molar-refractivity contribution in [3.05, 3.63) is 51.1 Å². The van der Waals surface area contributed by atoms with Gasteiger partial charge < -0.3 is 5.32 Å². The molecule has 4 heteroatoms. The second-order valence-electron chi connectivity index (χ2n) is 3.87. The Morgan fingerprint density at radius 2 is 1.94 bits per heavy atom. The fraction of sp³-hybridized carbons (Fsp3) is 0.154. The van der Waals surface area contributed by atoms with Crippen LogP contribution in [0.25, 0.3) is 0 Å². The lowest BCUT2D eigenvalue weighted by atomic mass is 10.2. The van der Waals surface area contributed by atoms with E-state index in [1.165, 1.54) is 0 Å². The molecule has 0 saturated carbocycles. The van der Waals surface area contributed by atoms with Crippen LogP contribution in [-0.4, -0.2) is 4.98 Å². The van der Waals surface area contributed by atoms with Gasteiger partial charge in [-0.05, 0) is 59.6 Å². The fourth-order valence-corrected chi connectivity index (χ4v) is 1.98. The van der Waals surface area contributed by atoms with E-state index in [1.54, 1.807) is 0 Å². The highest BCUT2D eigenvalue weighted by Gasteiger charge is 2.03. The average Bonchev–Trinajstić information content (AvgIpc) is 2.27. The first-order chi connectivity index (χ1) is 8.06. The first kappa shape index (κ1) is 12.4. The molecule has 1 aromatic heterocycles. The van der Waals surface area contributed by atoms with Crippen molar-refractivity contribution in [3.63, 3.8) is 0 Å². The van der Waals surface area contributed by atoms with E-state index in [9.17, 15) is 0 Å². The Labute approximate surface area is 114 Å². The predicted molar refractivity (Wildman–Crippen MR) is 76.1 cm³/mol. The van der Waals surface area contributed by atoms with Crippen molar-refractivity contribution >= 4 is 39.0 Å². The molecule has 1 aromatic carbocycles. The minimum absolute atomic E-state index is 0.701. The normalized spacial score (nSPS) is 10.4. The summed E-state index contributed by atoms with van der Waals surface area (Å²) in [6.45, 7) is 3.96. The van der Waals surface area contributed by atoms with Gasteiger partial charge in [0.1, 0.15) is 5.82 Å². The number of nitrogens with zero attached hydrogens (tertiary/aromatic N) is 1.